The first-order valence-electron chi connectivity index (χ1n) is 10.2. The molecule has 1 N–H and O–H groups in total. The standard InChI is InChI=1S/C21H14ClF5N6O2/c1-8-19-30-18(20(35)32-6-9(34)7-32)31-33(19)12-5-28-17(21(25,26)27)15(22)14(12)16(29-8)13-10(23)3-2-4-11(13)24/h2-5,8-9,34H,6-7H2,1H3/t8-/m0/s1. The number of alkyl halides is 3. The van der Waals surface area contributed by atoms with Crippen molar-refractivity contribution in [1.29, 1.82) is 0 Å². The largest absolute Gasteiger partial charge is 0.434 e. The summed E-state index contributed by atoms with van der Waals surface area (Å²) in [7, 11) is 0. The van der Waals surface area contributed by atoms with E-state index in [2.05, 4.69) is 20.1 Å². The number of fused-ring (bicyclic) bond motifs is 3. The molecule has 0 radical (unpaired) electrons. The van der Waals surface area contributed by atoms with Crippen LogP contribution in [0.5, 0.6) is 0 Å². The van der Waals surface area contributed by atoms with E-state index >= 15 is 0 Å². The average Bonchev–Trinajstić information content (AvgIpc) is 3.16. The Morgan fingerprint density at radius 3 is 2.43 bits per heavy atom. The lowest BCUT2D eigenvalue weighted by Gasteiger charge is -2.34. The van der Waals surface area contributed by atoms with Crippen molar-refractivity contribution in [1.82, 2.24) is 24.6 Å². The van der Waals surface area contributed by atoms with E-state index in [1.807, 2.05) is 0 Å². The minimum absolute atomic E-state index is 0.0139. The van der Waals surface area contributed by atoms with Crippen LogP contribution in [-0.4, -0.2) is 60.6 Å². The van der Waals surface area contributed by atoms with Crippen molar-refractivity contribution in [2.75, 3.05) is 13.1 Å². The van der Waals surface area contributed by atoms with Gasteiger partial charge in [-0.3, -0.25) is 9.79 Å². The zero-order valence-electron chi connectivity index (χ0n) is 17.7. The Morgan fingerprint density at radius 1 is 1.17 bits per heavy atom. The van der Waals surface area contributed by atoms with Crippen LogP contribution in [0, 0.1) is 11.6 Å². The summed E-state index contributed by atoms with van der Waals surface area (Å²) in [6.45, 7) is 1.62. The van der Waals surface area contributed by atoms with Crippen molar-refractivity contribution < 1.29 is 31.9 Å². The second-order valence-corrected chi connectivity index (χ2v) is 8.38. The summed E-state index contributed by atoms with van der Waals surface area (Å²) in [5.41, 5.74) is -3.30. The number of amides is 1. The van der Waals surface area contributed by atoms with Crippen LogP contribution in [0.2, 0.25) is 5.02 Å². The van der Waals surface area contributed by atoms with Gasteiger partial charge >= 0.3 is 6.18 Å². The maximum Gasteiger partial charge on any atom is 0.434 e. The summed E-state index contributed by atoms with van der Waals surface area (Å²) in [6, 6.07) is 1.97. The van der Waals surface area contributed by atoms with Gasteiger partial charge in [0, 0.05) is 18.7 Å². The molecular weight excluding hydrogens is 499 g/mol. The molecule has 1 amide bonds. The number of pyridine rings is 1. The molecule has 3 aromatic rings. The van der Waals surface area contributed by atoms with Gasteiger partial charge in [-0.1, -0.05) is 17.7 Å². The van der Waals surface area contributed by atoms with Crippen molar-refractivity contribution in [2.45, 2.75) is 25.2 Å². The molecule has 1 saturated heterocycles. The molecule has 0 aliphatic carbocycles. The Labute approximate surface area is 198 Å². The molecule has 2 aliphatic rings. The van der Waals surface area contributed by atoms with E-state index in [-0.39, 0.29) is 30.4 Å². The highest BCUT2D eigenvalue weighted by atomic mass is 35.5. The van der Waals surface area contributed by atoms with E-state index < -0.39 is 63.4 Å². The number of benzene rings is 1. The minimum atomic E-state index is -4.98. The van der Waals surface area contributed by atoms with Crippen molar-refractivity contribution >= 4 is 23.2 Å². The molecule has 0 saturated carbocycles. The number of hydrogen-bond donors (Lipinski definition) is 1. The van der Waals surface area contributed by atoms with Gasteiger partial charge in [-0.25, -0.2) is 23.4 Å². The maximum atomic E-state index is 14.7. The van der Waals surface area contributed by atoms with Gasteiger partial charge in [-0.05, 0) is 19.1 Å². The Hall–Kier alpha value is -3.45. The molecule has 2 aromatic heterocycles. The molecule has 0 spiro atoms. The molecule has 1 atom stereocenters. The number of rotatable bonds is 2. The molecule has 1 aromatic carbocycles. The SMILES string of the molecule is C[C@@H]1N=C(c2c(F)cccc2F)c2c(cnc(C(F)(F)F)c2Cl)-n2nc(C(=O)N3CC(O)C3)nc21. The number of nitrogens with zero attached hydrogens (tertiary/aromatic N) is 6. The summed E-state index contributed by atoms with van der Waals surface area (Å²) < 4.78 is 71.4. The molecule has 0 unspecified atom stereocenters. The Kier molecular flexibility index (Phi) is 5.36. The fourth-order valence-corrected chi connectivity index (χ4v) is 4.26. The zero-order valence-corrected chi connectivity index (χ0v) is 18.4. The minimum Gasteiger partial charge on any atom is -0.389 e. The lowest BCUT2D eigenvalue weighted by Crippen LogP contribution is -2.53. The number of likely N-dealkylation sites (tertiary alicyclic amines) is 1. The summed E-state index contributed by atoms with van der Waals surface area (Å²) in [6.07, 6.45) is -4.87. The van der Waals surface area contributed by atoms with Crippen LogP contribution in [0.4, 0.5) is 22.0 Å². The Morgan fingerprint density at radius 2 is 1.83 bits per heavy atom. The molecule has 5 rings (SSSR count). The van der Waals surface area contributed by atoms with Gasteiger partial charge < -0.3 is 10.0 Å². The van der Waals surface area contributed by atoms with Crippen molar-refractivity contribution in [3.63, 3.8) is 0 Å². The van der Waals surface area contributed by atoms with Crippen LogP contribution in [0.15, 0.2) is 29.4 Å². The molecule has 182 valence electrons. The van der Waals surface area contributed by atoms with E-state index in [1.165, 1.54) is 11.8 Å². The first kappa shape index (κ1) is 23.3. The normalized spacial score (nSPS) is 17.9. The monoisotopic (exact) mass is 512 g/mol. The molecule has 1 fully saturated rings. The van der Waals surface area contributed by atoms with Crippen molar-refractivity contribution in [3.8, 4) is 5.69 Å². The molecule has 35 heavy (non-hydrogen) atoms. The number of aliphatic imine (C=N–C) groups is 1. The summed E-state index contributed by atoms with van der Waals surface area (Å²) in [5.74, 6) is -3.03. The molecular formula is C21H14ClF5N6O2. The zero-order chi connectivity index (χ0) is 25.2. The third-order valence-corrected chi connectivity index (χ3v) is 5.97. The first-order valence-corrected chi connectivity index (χ1v) is 10.6. The number of aromatic nitrogens is 4. The fourth-order valence-electron chi connectivity index (χ4n) is 3.92. The highest BCUT2D eigenvalue weighted by Crippen LogP contribution is 2.40. The maximum absolute atomic E-state index is 14.7. The molecule has 14 heteroatoms. The summed E-state index contributed by atoms with van der Waals surface area (Å²) in [5, 5.41) is 12.6. The number of hydrogen-bond acceptors (Lipinski definition) is 6. The van der Waals surface area contributed by atoms with E-state index in [9.17, 15) is 31.9 Å². The van der Waals surface area contributed by atoms with Crippen LogP contribution in [0.25, 0.3) is 5.69 Å². The highest BCUT2D eigenvalue weighted by molar-refractivity contribution is 6.37. The van der Waals surface area contributed by atoms with E-state index in [0.717, 1.165) is 29.1 Å². The van der Waals surface area contributed by atoms with Crippen LogP contribution in [-0.2, 0) is 6.18 Å². The number of aliphatic hydroxyl groups is 1. The van der Waals surface area contributed by atoms with Crippen LogP contribution >= 0.6 is 11.6 Å². The van der Waals surface area contributed by atoms with Gasteiger partial charge in [0.2, 0.25) is 5.82 Å². The van der Waals surface area contributed by atoms with Gasteiger partial charge in [0.05, 0.1) is 34.3 Å². The predicted molar refractivity (Wildman–Crippen MR) is 111 cm³/mol. The first-order chi connectivity index (χ1) is 16.5. The van der Waals surface area contributed by atoms with Gasteiger partial charge in [0.25, 0.3) is 5.91 Å². The van der Waals surface area contributed by atoms with Crippen molar-refractivity contribution in [2.24, 2.45) is 4.99 Å². The third-order valence-electron chi connectivity index (χ3n) is 5.60. The van der Waals surface area contributed by atoms with E-state index in [1.54, 1.807) is 0 Å². The molecule has 8 nitrogen and oxygen atoms in total. The van der Waals surface area contributed by atoms with E-state index in [4.69, 9.17) is 11.6 Å². The number of carbonyl (C=O) groups excluding carboxylic acids is 1. The lowest BCUT2D eigenvalue weighted by atomic mass is 9.99. The number of halogens is 6. The second-order valence-electron chi connectivity index (χ2n) is 8.00. The molecule has 4 heterocycles. The van der Waals surface area contributed by atoms with E-state index in [0.29, 0.717) is 0 Å². The second kappa shape index (κ2) is 8.05. The Bertz CT molecular complexity index is 1380. The van der Waals surface area contributed by atoms with Gasteiger partial charge in [0.15, 0.2) is 11.5 Å². The van der Waals surface area contributed by atoms with Gasteiger partial charge in [0.1, 0.15) is 17.7 Å². The lowest BCUT2D eigenvalue weighted by molar-refractivity contribution is -0.141. The topological polar surface area (TPSA) is 96.5 Å². The van der Waals surface area contributed by atoms with Crippen molar-refractivity contribution in [3.05, 3.63) is 69.5 Å². The number of β-amino-alcohol motifs (C(OH)–C–C–N with tert-alkyl or cyclic N) is 1. The smallest absolute Gasteiger partial charge is 0.389 e. The Balaban J connectivity index is 1.77. The third kappa shape index (κ3) is 3.74. The predicted octanol–water partition coefficient (Wildman–Crippen LogP) is 3.34. The number of carbonyl (C=O) groups is 1. The van der Waals surface area contributed by atoms with Gasteiger partial charge in [-0.2, -0.15) is 13.2 Å². The highest BCUT2D eigenvalue weighted by Gasteiger charge is 2.40. The molecule has 0 bridgehead atoms. The van der Waals surface area contributed by atoms with Crippen LogP contribution in [0.1, 0.15) is 46.2 Å². The number of aliphatic hydroxyl groups excluding tert-OH is 1. The quantitative estimate of drug-likeness (QED) is 0.531. The van der Waals surface area contributed by atoms with Crippen LogP contribution < -0.4 is 0 Å². The van der Waals surface area contributed by atoms with Gasteiger partial charge in [-0.15, -0.1) is 5.10 Å². The fraction of sp³-hybridized carbons (Fsp3) is 0.286. The summed E-state index contributed by atoms with van der Waals surface area (Å²) >= 11 is 6.14. The van der Waals surface area contributed by atoms with Crippen LogP contribution in [0.3, 0.4) is 0 Å². The molecule has 2 aliphatic heterocycles. The average molecular weight is 513 g/mol. The summed E-state index contributed by atoms with van der Waals surface area (Å²) in [4.78, 5) is 25.8.